The van der Waals surface area contributed by atoms with Crippen LogP contribution < -0.4 is 0 Å². The summed E-state index contributed by atoms with van der Waals surface area (Å²) < 4.78 is 20.7. The number of ketones is 1. The van der Waals surface area contributed by atoms with Gasteiger partial charge in [0, 0.05) is 12.5 Å². The number of carbonyl (C=O) groups excluding carboxylic acids is 3. The van der Waals surface area contributed by atoms with E-state index in [4.69, 9.17) is 14.2 Å². The van der Waals surface area contributed by atoms with Crippen LogP contribution in [0.4, 0.5) is 0 Å². The Balaban J connectivity index is 2.85. The van der Waals surface area contributed by atoms with Crippen LogP contribution in [-0.2, 0) is 33.3 Å². The molecule has 1 aliphatic rings. The predicted octanol–water partition coefficient (Wildman–Crippen LogP) is 1.15. The molecule has 0 amide bonds. The van der Waals surface area contributed by atoms with Crippen molar-refractivity contribution < 1.29 is 33.3 Å². The highest BCUT2D eigenvalue weighted by Crippen LogP contribution is 2.30. The van der Waals surface area contributed by atoms with Crippen molar-refractivity contribution in [2.75, 3.05) is 13.2 Å². The van der Waals surface area contributed by atoms with Gasteiger partial charge >= 0.3 is 11.9 Å². The Morgan fingerprint density at radius 3 is 2.32 bits per heavy atom. The SMILES string of the molecule is CCOC(=O)/C(C)=C/[C@@H]1OC(C)(C)O[C@@H]1C(=O)COC(C)=O. The first-order valence-electron chi connectivity index (χ1n) is 7.03. The van der Waals surface area contributed by atoms with E-state index in [0.717, 1.165) is 0 Å². The molecule has 0 N–H and O–H groups in total. The molecule has 2 atom stereocenters. The van der Waals surface area contributed by atoms with Gasteiger partial charge in [0.25, 0.3) is 0 Å². The fourth-order valence-corrected chi connectivity index (χ4v) is 1.97. The Morgan fingerprint density at radius 2 is 1.77 bits per heavy atom. The van der Waals surface area contributed by atoms with Gasteiger partial charge in [-0.25, -0.2) is 4.79 Å². The fraction of sp³-hybridized carbons (Fsp3) is 0.667. The van der Waals surface area contributed by atoms with Gasteiger partial charge in [0.05, 0.1) is 6.61 Å². The Morgan fingerprint density at radius 1 is 1.14 bits per heavy atom. The second kappa shape index (κ2) is 7.51. The smallest absolute Gasteiger partial charge is 0.333 e. The quantitative estimate of drug-likeness (QED) is 0.536. The van der Waals surface area contributed by atoms with Crippen molar-refractivity contribution in [2.45, 2.75) is 52.6 Å². The molecule has 0 radical (unpaired) electrons. The molecular formula is C15H22O7. The lowest BCUT2D eigenvalue weighted by Crippen LogP contribution is -2.34. The van der Waals surface area contributed by atoms with Gasteiger partial charge in [0.1, 0.15) is 6.10 Å². The van der Waals surface area contributed by atoms with E-state index in [9.17, 15) is 14.4 Å². The van der Waals surface area contributed by atoms with Crippen molar-refractivity contribution >= 4 is 17.7 Å². The van der Waals surface area contributed by atoms with Crippen molar-refractivity contribution in [3.63, 3.8) is 0 Å². The maximum Gasteiger partial charge on any atom is 0.333 e. The molecule has 0 aromatic carbocycles. The van der Waals surface area contributed by atoms with Gasteiger partial charge in [0.15, 0.2) is 18.5 Å². The highest BCUT2D eigenvalue weighted by Gasteiger charge is 2.44. The van der Waals surface area contributed by atoms with Gasteiger partial charge < -0.3 is 18.9 Å². The van der Waals surface area contributed by atoms with E-state index < -0.39 is 42.3 Å². The number of rotatable bonds is 6. The van der Waals surface area contributed by atoms with Crippen molar-refractivity contribution in [1.82, 2.24) is 0 Å². The maximum absolute atomic E-state index is 12.1. The zero-order valence-electron chi connectivity index (χ0n) is 13.5. The molecule has 0 bridgehead atoms. The first kappa shape index (κ1) is 18.3. The Kier molecular flexibility index (Phi) is 6.25. The van der Waals surface area contributed by atoms with Gasteiger partial charge in [-0.2, -0.15) is 0 Å². The third-order valence-corrected chi connectivity index (χ3v) is 2.88. The van der Waals surface area contributed by atoms with Crippen molar-refractivity contribution in [3.8, 4) is 0 Å². The number of ether oxygens (including phenoxy) is 4. The summed E-state index contributed by atoms with van der Waals surface area (Å²) >= 11 is 0. The Bertz CT molecular complexity index is 478. The van der Waals surface area contributed by atoms with Crippen LogP contribution in [0.25, 0.3) is 0 Å². The van der Waals surface area contributed by atoms with Crippen LogP contribution in [0.3, 0.4) is 0 Å². The summed E-state index contributed by atoms with van der Waals surface area (Å²) in [5.41, 5.74) is 0.318. The summed E-state index contributed by atoms with van der Waals surface area (Å²) in [6.45, 7) is 7.66. The summed E-state index contributed by atoms with van der Waals surface area (Å²) in [5, 5.41) is 0. The number of hydrogen-bond acceptors (Lipinski definition) is 7. The third-order valence-electron chi connectivity index (χ3n) is 2.88. The van der Waals surface area contributed by atoms with Crippen LogP contribution >= 0.6 is 0 Å². The van der Waals surface area contributed by atoms with Crippen molar-refractivity contribution in [1.29, 1.82) is 0 Å². The monoisotopic (exact) mass is 314 g/mol. The van der Waals surface area contributed by atoms with E-state index in [1.54, 1.807) is 27.7 Å². The van der Waals surface area contributed by atoms with E-state index in [0.29, 0.717) is 5.57 Å². The number of hydrogen-bond donors (Lipinski definition) is 0. The normalized spacial score (nSPS) is 24.0. The molecule has 1 aliphatic heterocycles. The van der Waals surface area contributed by atoms with E-state index >= 15 is 0 Å². The molecule has 22 heavy (non-hydrogen) atoms. The maximum atomic E-state index is 12.1. The van der Waals surface area contributed by atoms with Crippen LogP contribution in [0.5, 0.6) is 0 Å². The number of Topliss-reactive ketones (excluding diaryl/α,β-unsaturated/α-hetero) is 1. The van der Waals surface area contributed by atoms with Crippen LogP contribution in [0.15, 0.2) is 11.6 Å². The average molecular weight is 314 g/mol. The summed E-state index contributed by atoms with van der Waals surface area (Å²) in [6, 6.07) is 0. The molecule has 0 aliphatic carbocycles. The Hall–Kier alpha value is -1.73. The summed E-state index contributed by atoms with van der Waals surface area (Å²) in [4.78, 5) is 34.5. The molecule has 1 fully saturated rings. The minimum Gasteiger partial charge on any atom is -0.463 e. The Labute approximate surface area is 129 Å². The summed E-state index contributed by atoms with van der Waals surface area (Å²) in [5.74, 6) is -2.45. The minimum absolute atomic E-state index is 0.256. The first-order chi connectivity index (χ1) is 10.2. The number of esters is 2. The molecule has 1 saturated heterocycles. The number of carbonyl (C=O) groups is 3. The van der Waals surface area contributed by atoms with Crippen LogP contribution in [0.1, 0.15) is 34.6 Å². The molecule has 1 rings (SSSR count). The van der Waals surface area contributed by atoms with Crippen LogP contribution in [0, 0.1) is 0 Å². The zero-order valence-corrected chi connectivity index (χ0v) is 13.5. The fourth-order valence-electron chi connectivity index (χ4n) is 1.97. The van der Waals surface area contributed by atoms with Crippen molar-refractivity contribution in [2.24, 2.45) is 0 Å². The second-order valence-corrected chi connectivity index (χ2v) is 5.34. The lowest BCUT2D eigenvalue weighted by molar-refractivity contribution is -0.159. The average Bonchev–Trinajstić information content (AvgIpc) is 2.71. The molecule has 0 unspecified atom stereocenters. The summed E-state index contributed by atoms with van der Waals surface area (Å²) in [7, 11) is 0. The zero-order chi connectivity index (χ0) is 16.9. The van der Waals surface area contributed by atoms with Gasteiger partial charge in [-0.15, -0.1) is 0 Å². The highest BCUT2D eigenvalue weighted by atomic mass is 16.8. The molecule has 0 aromatic rings. The van der Waals surface area contributed by atoms with Gasteiger partial charge in [-0.1, -0.05) is 0 Å². The molecule has 0 saturated carbocycles. The van der Waals surface area contributed by atoms with Crippen molar-refractivity contribution in [3.05, 3.63) is 11.6 Å². The lowest BCUT2D eigenvalue weighted by Gasteiger charge is -2.16. The van der Waals surface area contributed by atoms with Gasteiger partial charge in [-0.05, 0) is 33.8 Å². The lowest BCUT2D eigenvalue weighted by atomic mass is 10.1. The topological polar surface area (TPSA) is 88.1 Å². The minimum atomic E-state index is -0.980. The molecular weight excluding hydrogens is 292 g/mol. The van der Waals surface area contributed by atoms with Gasteiger partial charge in [0.2, 0.25) is 5.78 Å². The van der Waals surface area contributed by atoms with E-state index in [2.05, 4.69) is 4.74 Å². The first-order valence-corrected chi connectivity index (χ1v) is 7.03. The van der Waals surface area contributed by atoms with Crippen LogP contribution in [0.2, 0.25) is 0 Å². The molecule has 7 heteroatoms. The third kappa shape index (κ3) is 5.23. The standard InChI is InChI=1S/C15H22O7/c1-6-19-14(18)9(2)7-12-13(22-15(4,5)21-12)11(17)8-20-10(3)16/h7,12-13H,6,8H2,1-5H3/b9-7+/t12-,13+/m0/s1. The van der Waals surface area contributed by atoms with E-state index in [1.165, 1.54) is 13.0 Å². The molecule has 0 spiro atoms. The molecule has 7 nitrogen and oxygen atoms in total. The van der Waals surface area contributed by atoms with Crippen LogP contribution in [-0.4, -0.2) is 48.9 Å². The molecule has 124 valence electrons. The summed E-state index contributed by atoms with van der Waals surface area (Å²) in [6.07, 6.45) is -0.204. The largest absolute Gasteiger partial charge is 0.463 e. The van der Waals surface area contributed by atoms with Gasteiger partial charge in [-0.3, -0.25) is 9.59 Å². The second-order valence-electron chi connectivity index (χ2n) is 5.34. The highest BCUT2D eigenvalue weighted by molar-refractivity contribution is 5.89. The molecule has 1 heterocycles. The molecule has 0 aromatic heterocycles. The van der Waals surface area contributed by atoms with E-state index in [-0.39, 0.29) is 6.61 Å². The van der Waals surface area contributed by atoms with E-state index in [1.807, 2.05) is 0 Å². The predicted molar refractivity (Wildman–Crippen MR) is 75.9 cm³/mol.